The second-order valence-electron chi connectivity index (χ2n) is 4.92. The predicted molar refractivity (Wildman–Crippen MR) is 80.6 cm³/mol. The Hall–Kier alpha value is -2.56. The Morgan fingerprint density at radius 3 is 2.57 bits per heavy atom. The number of carbonyl (C=O) groups is 1. The molecule has 2 rings (SSSR count). The van der Waals surface area contributed by atoms with Gasteiger partial charge in [-0.15, -0.1) is 0 Å². The number of rotatable bonds is 4. The number of aromatic nitrogens is 2. The molecule has 0 saturated heterocycles. The highest BCUT2D eigenvalue weighted by atomic mass is 16.5. The molecular formula is C16H18N2O3. The molecule has 1 N–H and O–H groups in total. The van der Waals surface area contributed by atoms with Crippen LogP contribution in [0.4, 0.5) is 0 Å². The molecule has 21 heavy (non-hydrogen) atoms. The number of hydrogen-bond acceptors (Lipinski definition) is 3. The zero-order chi connectivity index (χ0) is 15.6. The highest BCUT2D eigenvalue weighted by Crippen LogP contribution is 2.29. The smallest absolute Gasteiger partial charge is 0.328 e. The van der Waals surface area contributed by atoms with E-state index in [1.165, 1.54) is 0 Å². The Labute approximate surface area is 123 Å². The molecule has 0 atom stereocenters. The van der Waals surface area contributed by atoms with Crippen LogP contribution < -0.4 is 4.74 Å². The molecule has 0 aliphatic carbocycles. The van der Waals surface area contributed by atoms with Crippen molar-refractivity contribution < 1.29 is 14.6 Å². The molecule has 5 heteroatoms. The van der Waals surface area contributed by atoms with Gasteiger partial charge in [-0.05, 0) is 50.1 Å². The number of carboxylic acid groups (broad SMARTS) is 1. The third kappa shape index (κ3) is 3.31. The van der Waals surface area contributed by atoms with Crippen LogP contribution in [0.15, 0.2) is 24.3 Å². The number of nitrogens with zero attached hydrogens (tertiary/aromatic N) is 2. The van der Waals surface area contributed by atoms with E-state index < -0.39 is 5.97 Å². The summed E-state index contributed by atoms with van der Waals surface area (Å²) < 4.78 is 7.68. The molecular weight excluding hydrogens is 268 g/mol. The molecule has 0 unspecified atom stereocenters. The number of aliphatic carboxylic acids is 1. The molecule has 0 spiro atoms. The minimum atomic E-state index is -0.962. The van der Waals surface area contributed by atoms with Crippen LogP contribution >= 0.6 is 0 Å². The SMILES string of the molecule is Cc1cc(Oc2c(C)nn(C)c2C)ccc1C=CC(=O)O. The zero-order valence-electron chi connectivity index (χ0n) is 12.5. The second-order valence-corrected chi connectivity index (χ2v) is 4.92. The normalized spacial score (nSPS) is 11.0. The summed E-state index contributed by atoms with van der Waals surface area (Å²) in [5.41, 5.74) is 3.59. The van der Waals surface area contributed by atoms with Gasteiger partial charge in [0, 0.05) is 13.1 Å². The van der Waals surface area contributed by atoms with Gasteiger partial charge in [-0.2, -0.15) is 5.10 Å². The monoisotopic (exact) mass is 286 g/mol. The molecule has 0 bridgehead atoms. The molecule has 0 radical (unpaired) electrons. The van der Waals surface area contributed by atoms with Crippen molar-refractivity contribution in [1.82, 2.24) is 9.78 Å². The van der Waals surface area contributed by atoms with Crippen LogP contribution in [0.1, 0.15) is 22.5 Å². The average Bonchev–Trinajstić information content (AvgIpc) is 2.64. The Kier molecular flexibility index (Phi) is 4.12. The van der Waals surface area contributed by atoms with Gasteiger partial charge in [-0.25, -0.2) is 4.79 Å². The fourth-order valence-electron chi connectivity index (χ4n) is 2.08. The van der Waals surface area contributed by atoms with Gasteiger partial charge >= 0.3 is 5.97 Å². The lowest BCUT2D eigenvalue weighted by Crippen LogP contribution is -1.93. The van der Waals surface area contributed by atoms with E-state index in [1.54, 1.807) is 10.8 Å². The summed E-state index contributed by atoms with van der Waals surface area (Å²) in [7, 11) is 1.88. The van der Waals surface area contributed by atoms with E-state index in [2.05, 4.69) is 5.10 Å². The maximum absolute atomic E-state index is 10.5. The first kappa shape index (κ1) is 14.8. The van der Waals surface area contributed by atoms with Crippen molar-refractivity contribution >= 4 is 12.0 Å². The van der Waals surface area contributed by atoms with Crippen LogP contribution in [-0.4, -0.2) is 20.9 Å². The number of benzene rings is 1. The molecule has 0 aliphatic heterocycles. The minimum Gasteiger partial charge on any atom is -0.478 e. The first-order chi connectivity index (χ1) is 9.88. The average molecular weight is 286 g/mol. The number of aryl methyl sites for hydroxylation is 3. The topological polar surface area (TPSA) is 64.4 Å². The van der Waals surface area contributed by atoms with Crippen LogP contribution in [0, 0.1) is 20.8 Å². The van der Waals surface area contributed by atoms with Crippen molar-refractivity contribution in [2.75, 3.05) is 0 Å². The zero-order valence-corrected chi connectivity index (χ0v) is 12.5. The van der Waals surface area contributed by atoms with Gasteiger partial charge in [0.2, 0.25) is 0 Å². The maximum atomic E-state index is 10.5. The summed E-state index contributed by atoms with van der Waals surface area (Å²) in [4.78, 5) is 10.5. The van der Waals surface area contributed by atoms with E-state index in [-0.39, 0.29) is 0 Å². The predicted octanol–water partition coefficient (Wildman–Crippen LogP) is 3.24. The van der Waals surface area contributed by atoms with Crippen LogP contribution in [0.2, 0.25) is 0 Å². The summed E-state index contributed by atoms with van der Waals surface area (Å²) in [5.74, 6) is 0.501. The van der Waals surface area contributed by atoms with Gasteiger partial charge in [0.25, 0.3) is 0 Å². The Bertz CT molecular complexity index is 715. The molecule has 5 nitrogen and oxygen atoms in total. The number of carboxylic acids is 1. The molecule has 1 aromatic heterocycles. The highest BCUT2D eigenvalue weighted by Gasteiger charge is 2.12. The number of ether oxygens (including phenoxy) is 1. The molecule has 0 fully saturated rings. The first-order valence-electron chi connectivity index (χ1n) is 6.58. The van der Waals surface area contributed by atoms with Gasteiger partial charge in [0.05, 0.1) is 5.69 Å². The van der Waals surface area contributed by atoms with Crippen molar-refractivity contribution in [1.29, 1.82) is 0 Å². The summed E-state index contributed by atoms with van der Waals surface area (Å²) in [5, 5.41) is 13.0. The van der Waals surface area contributed by atoms with Gasteiger partial charge < -0.3 is 9.84 Å². The summed E-state index contributed by atoms with van der Waals surface area (Å²) in [6.07, 6.45) is 2.69. The molecule has 1 heterocycles. The molecule has 1 aromatic carbocycles. The minimum absolute atomic E-state index is 0.708. The molecule has 0 saturated carbocycles. The third-order valence-electron chi connectivity index (χ3n) is 3.31. The quantitative estimate of drug-likeness (QED) is 0.876. The van der Waals surface area contributed by atoms with E-state index in [0.29, 0.717) is 5.75 Å². The Morgan fingerprint density at radius 1 is 1.33 bits per heavy atom. The van der Waals surface area contributed by atoms with Gasteiger partial charge in [-0.3, -0.25) is 4.68 Å². The van der Waals surface area contributed by atoms with Crippen LogP contribution in [0.3, 0.4) is 0 Å². The van der Waals surface area contributed by atoms with Gasteiger partial charge in [-0.1, -0.05) is 6.07 Å². The van der Waals surface area contributed by atoms with E-state index in [9.17, 15) is 4.79 Å². The summed E-state index contributed by atoms with van der Waals surface area (Å²) >= 11 is 0. The highest BCUT2D eigenvalue weighted by molar-refractivity contribution is 5.85. The van der Waals surface area contributed by atoms with E-state index in [0.717, 1.165) is 34.3 Å². The summed E-state index contributed by atoms with van der Waals surface area (Å²) in [6.45, 7) is 5.77. The molecule has 110 valence electrons. The molecule has 0 amide bonds. The number of hydrogen-bond donors (Lipinski definition) is 1. The molecule has 2 aromatic rings. The van der Waals surface area contributed by atoms with E-state index in [4.69, 9.17) is 9.84 Å². The second kappa shape index (κ2) is 5.83. The van der Waals surface area contributed by atoms with Crippen molar-refractivity contribution in [2.24, 2.45) is 7.05 Å². The van der Waals surface area contributed by atoms with Crippen molar-refractivity contribution in [3.05, 3.63) is 46.8 Å². The Morgan fingerprint density at radius 2 is 2.05 bits per heavy atom. The van der Waals surface area contributed by atoms with E-state index in [1.807, 2.05) is 46.0 Å². The largest absolute Gasteiger partial charge is 0.478 e. The van der Waals surface area contributed by atoms with Gasteiger partial charge in [0.1, 0.15) is 11.4 Å². The van der Waals surface area contributed by atoms with Crippen molar-refractivity contribution in [3.8, 4) is 11.5 Å². The fraction of sp³-hybridized carbons (Fsp3) is 0.250. The van der Waals surface area contributed by atoms with Crippen molar-refractivity contribution in [3.63, 3.8) is 0 Å². The first-order valence-corrected chi connectivity index (χ1v) is 6.58. The van der Waals surface area contributed by atoms with Gasteiger partial charge in [0.15, 0.2) is 5.75 Å². The molecule has 0 aliphatic rings. The van der Waals surface area contributed by atoms with Crippen LogP contribution in [0.25, 0.3) is 6.08 Å². The fourth-order valence-corrected chi connectivity index (χ4v) is 2.08. The lowest BCUT2D eigenvalue weighted by atomic mass is 10.1. The standard InChI is InChI=1S/C16H18N2O3/c1-10-9-14(7-5-13(10)6-8-15(19)20)21-16-11(2)17-18(4)12(16)3/h5-9H,1-4H3,(H,19,20). The third-order valence-corrected chi connectivity index (χ3v) is 3.31. The maximum Gasteiger partial charge on any atom is 0.328 e. The van der Waals surface area contributed by atoms with E-state index >= 15 is 0 Å². The summed E-state index contributed by atoms with van der Waals surface area (Å²) in [6, 6.07) is 5.54. The lowest BCUT2D eigenvalue weighted by molar-refractivity contribution is -0.131. The van der Waals surface area contributed by atoms with Crippen molar-refractivity contribution in [2.45, 2.75) is 20.8 Å². The Balaban J connectivity index is 2.26. The lowest BCUT2D eigenvalue weighted by Gasteiger charge is -2.08. The van der Waals surface area contributed by atoms with Crippen LogP contribution in [0.5, 0.6) is 11.5 Å². The van der Waals surface area contributed by atoms with Crippen LogP contribution in [-0.2, 0) is 11.8 Å².